The Balaban J connectivity index is 0.00000242. The summed E-state index contributed by atoms with van der Waals surface area (Å²) in [5.74, 6) is -0.563. The van der Waals surface area contributed by atoms with Gasteiger partial charge in [0, 0.05) is 13.1 Å². The zero-order valence-electron chi connectivity index (χ0n) is 12.3. The minimum Gasteiger partial charge on any atom is -0.349 e. The van der Waals surface area contributed by atoms with E-state index in [2.05, 4.69) is 20.9 Å². The second-order valence-electron chi connectivity index (χ2n) is 4.54. The number of carbonyl (C=O) groups excluding carboxylic acids is 1. The van der Waals surface area contributed by atoms with Crippen LogP contribution in [0, 0.1) is 5.82 Å². The standard InChI is InChI=1S/C14H18FN5O.ClH/c1-2-16-6-7-17-14(21)13-10-20(19-18-13)9-11-4-3-5-12(15)8-11;/h3-5,8,10,16H,2,6-7,9H2,1H3,(H,17,21);1H. The molecule has 8 heteroatoms. The normalized spacial score (nSPS) is 10.1. The molecular weight excluding hydrogens is 309 g/mol. The number of likely N-dealkylation sites (N-methyl/N-ethyl adjacent to an activating group) is 1. The Labute approximate surface area is 134 Å². The fourth-order valence-electron chi connectivity index (χ4n) is 1.83. The molecule has 0 unspecified atom stereocenters. The first-order valence-corrected chi connectivity index (χ1v) is 6.82. The number of carbonyl (C=O) groups is 1. The molecule has 0 atom stereocenters. The fourth-order valence-corrected chi connectivity index (χ4v) is 1.83. The largest absolute Gasteiger partial charge is 0.349 e. The van der Waals surface area contributed by atoms with Crippen molar-refractivity contribution < 1.29 is 9.18 Å². The van der Waals surface area contributed by atoms with Crippen LogP contribution in [-0.4, -0.2) is 40.5 Å². The van der Waals surface area contributed by atoms with E-state index in [9.17, 15) is 9.18 Å². The van der Waals surface area contributed by atoms with E-state index in [0.717, 1.165) is 12.1 Å². The molecule has 0 bridgehead atoms. The average Bonchev–Trinajstić information content (AvgIpc) is 2.92. The quantitative estimate of drug-likeness (QED) is 0.750. The molecule has 1 aromatic carbocycles. The summed E-state index contributed by atoms with van der Waals surface area (Å²) in [7, 11) is 0. The Morgan fingerprint density at radius 2 is 2.18 bits per heavy atom. The number of hydrogen-bond donors (Lipinski definition) is 2. The lowest BCUT2D eigenvalue weighted by atomic mass is 10.2. The van der Waals surface area contributed by atoms with Crippen LogP contribution in [0.25, 0.3) is 0 Å². The van der Waals surface area contributed by atoms with E-state index in [1.807, 2.05) is 6.92 Å². The van der Waals surface area contributed by atoms with E-state index in [4.69, 9.17) is 0 Å². The number of halogens is 2. The molecule has 120 valence electrons. The van der Waals surface area contributed by atoms with Crippen LogP contribution in [0.5, 0.6) is 0 Å². The molecule has 0 aliphatic carbocycles. The topological polar surface area (TPSA) is 71.8 Å². The lowest BCUT2D eigenvalue weighted by molar-refractivity contribution is 0.0949. The van der Waals surface area contributed by atoms with E-state index in [-0.39, 0.29) is 29.8 Å². The molecule has 2 aromatic rings. The molecule has 0 radical (unpaired) electrons. The van der Waals surface area contributed by atoms with Crippen LogP contribution in [0.1, 0.15) is 23.0 Å². The Bertz CT molecular complexity index is 604. The van der Waals surface area contributed by atoms with Crippen LogP contribution in [-0.2, 0) is 6.54 Å². The van der Waals surface area contributed by atoms with Crippen molar-refractivity contribution in [3.05, 3.63) is 47.5 Å². The first-order chi connectivity index (χ1) is 10.2. The first-order valence-electron chi connectivity index (χ1n) is 6.82. The van der Waals surface area contributed by atoms with Gasteiger partial charge in [-0.3, -0.25) is 4.79 Å². The number of benzene rings is 1. The number of amides is 1. The highest BCUT2D eigenvalue weighted by Crippen LogP contribution is 2.05. The van der Waals surface area contributed by atoms with Crippen molar-refractivity contribution in [1.82, 2.24) is 25.6 Å². The van der Waals surface area contributed by atoms with E-state index < -0.39 is 0 Å². The summed E-state index contributed by atoms with van der Waals surface area (Å²) in [4.78, 5) is 11.8. The van der Waals surface area contributed by atoms with Crippen molar-refractivity contribution in [2.75, 3.05) is 19.6 Å². The molecule has 0 fully saturated rings. The lowest BCUT2D eigenvalue weighted by Crippen LogP contribution is -2.31. The van der Waals surface area contributed by atoms with Gasteiger partial charge < -0.3 is 10.6 Å². The molecule has 1 amide bonds. The third-order valence-electron chi connectivity index (χ3n) is 2.84. The maximum atomic E-state index is 13.1. The second kappa shape index (κ2) is 9.11. The summed E-state index contributed by atoms with van der Waals surface area (Å²) in [5.41, 5.74) is 1.02. The summed E-state index contributed by atoms with van der Waals surface area (Å²) in [6.45, 7) is 4.47. The molecule has 0 saturated heterocycles. The Kier molecular flexibility index (Phi) is 7.48. The van der Waals surface area contributed by atoms with Crippen molar-refractivity contribution >= 4 is 18.3 Å². The van der Waals surface area contributed by atoms with Crippen molar-refractivity contribution in [1.29, 1.82) is 0 Å². The SMILES string of the molecule is CCNCCNC(=O)c1cn(Cc2cccc(F)c2)nn1.Cl. The smallest absolute Gasteiger partial charge is 0.273 e. The van der Waals surface area contributed by atoms with Gasteiger partial charge in [-0.25, -0.2) is 9.07 Å². The highest BCUT2D eigenvalue weighted by molar-refractivity contribution is 5.91. The third kappa shape index (κ3) is 5.42. The lowest BCUT2D eigenvalue weighted by Gasteiger charge is -2.02. The van der Waals surface area contributed by atoms with Gasteiger partial charge in [-0.1, -0.05) is 24.3 Å². The molecule has 2 rings (SSSR count). The maximum Gasteiger partial charge on any atom is 0.273 e. The summed E-state index contributed by atoms with van der Waals surface area (Å²) < 4.78 is 14.6. The van der Waals surface area contributed by atoms with E-state index >= 15 is 0 Å². The van der Waals surface area contributed by atoms with Crippen molar-refractivity contribution in [2.45, 2.75) is 13.5 Å². The van der Waals surface area contributed by atoms with Gasteiger partial charge in [0.2, 0.25) is 0 Å². The van der Waals surface area contributed by atoms with Crippen LogP contribution in [0.2, 0.25) is 0 Å². The molecule has 6 nitrogen and oxygen atoms in total. The molecule has 22 heavy (non-hydrogen) atoms. The van der Waals surface area contributed by atoms with Gasteiger partial charge in [0.1, 0.15) is 5.82 Å². The maximum absolute atomic E-state index is 13.1. The number of nitrogens with zero attached hydrogens (tertiary/aromatic N) is 3. The van der Waals surface area contributed by atoms with Gasteiger partial charge in [0.15, 0.2) is 5.69 Å². The van der Waals surface area contributed by atoms with Crippen molar-refractivity contribution in [3.63, 3.8) is 0 Å². The van der Waals surface area contributed by atoms with E-state index in [1.165, 1.54) is 16.8 Å². The number of nitrogens with one attached hydrogen (secondary N) is 2. The van der Waals surface area contributed by atoms with Gasteiger partial charge in [-0.2, -0.15) is 0 Å². The Morgan fingerprint density at radius 1 is 1.36 bits per heavy atom. The number of aromatic nitrogens is 3. The van der Waals surface area contributed by atoms with Gasteiger partial charge in [0.25, 0.3) is 5.91 Å². The molecule has 0 saturated carbocycles. The monoisotopic (exact) mass is 327 g/mol. The molecule has 1 heterocycles. The zero-order chi connectivity index (χ0) is 15.1. The summed E-state index contributed by atoms with van der Waals surface area (Å²) in [6, 6.07) is 6.24. The van der Waals surface area contributed by atoms with E-state index in [1.54, 1.807) is 18.3 Å². The third-order valence-corrected chi connectivity index (χ3v) is 2.84. The van der Waals surface area contributed by atoms with Crippen LogP contribution in [0.3, 0.4) is 0 Å². The minimum atomic E-state index is -0.297. The zero-order valence-corrected chi connectivity index (χ0v) is 13.1. The highest BCUT2D eigenvalue weighted by Gasteiger charge is 2.10. The molecule has 1 aromatic heterocycles. The van der Waals surface area contributed by atoms with Crippen LogP contribution in [0.4, 0.5) is 4.39 Å². The van der Waals surface area contributed by atoms with Crippen molar-refractivity contribution in [3.8, 4) is 0 Å². The van der Waals surface area contributed by atoms with Gasteiger partial charge in [0.05, 0.1) is 12.7 Å². The minimum absolute atomic E-state index is 0. The molecule has 0 aliphatic rings. The Morgan fingerprint density at radius 3 is 2.91 bits per heavy atom. The fraction of sp³-hybridized carbons (Fsp3) is 0.357. The van der Waals surface area contributed by atoms with E-state index in [0.29, 0.717) is 19.6 Å². The first kappa shape index (κ1) is 18.1. The summed E-state index contributed by atoms with van der Waals surface area (Å²) in [6.07, 6.45) is 1.55. The van der Waals surface area contributed by atoms with Gasteiger partial charge in [-0.15, -0.1) is 17.5 Å². The van der Waals surface area contributed by atoms with Crippen LogP contribution < -0.4 is 10.6 Å². The molecule has 0 aliphatic heterocycles. The number of hydrogen-bond acceptors (Lipinski definition) is 4. The number of rotatable bonds is 7. The molecule has 2 N–H and O–H groups in total. The van der Waals surface area contributed by atoms with Crippen molar-refractivity contribution in [2.24, 2.45) is 0 Å². The van der Waals surface area contributed by atoms with Crippen LogP contribution in [0.15, 0.2) is 30.5 Å². The second-order valence-corrected chi connectivity index (χ2v) is 4.54. The highest BCUT2D eigenvalue weighted by atomic mass is 35.5. The van der Waals surface area contributed by atoms with Crippen LogP contribution >= 0.6 is 12.4 Å². The summed E-state index contributed by atoms with van der Waals surface area (Å²) >= 11 is 0. The Hall–Kier alpha value is -1.99. The predicted octanol–water partition coefficient (Wildman–Crippen LogP) is 1.23. The van der Waals surface area contributed by atoms with Gasteiger partial charge in [-0.05, 0) is 24.2 Å². The average molecular weight is 328 g/mol. The van der Waals surface area contributed by atoms with Gasteiger partial charge >= 0.3 is 0 Å². The molecular formula is C14H19ClFN5O. The molecule has 0 spiro atoms. The predicted molar refractivity (Wildman–Crippen MR) is 83.6 cm³/mol. The summed E-state index contributed by atoms with van der Waals surface area (Å²) in [5, 5.41) is 13.5.